The molecular weight excluding hydrogens is 328 g/mol. The van der Waals surface area contributed by atoms with Crippen molar-refractivity contribution in [2.45, 2.75) is 38.6 Å². The number of unbranched alkanes of at least 4 members (excludes halogenated alkanes) is 1. The number of hydrogen-bond donors (Lipinski definition) is 3. The van der Waals surface area contributed by atoms with Crippen molar-refractivity contribution >= 4 is 11.9 Å². The lowest BCUT2D eigenvalue weighted by molar-refractivity contribution is -0.139. The van der Waals surface area contributed by atoms with Crippen LogP contribution in [0.5, 0.6) is 0 Å². The van der Waals surface area contributed by atoms with E-state index in [4.69, 9.17) is 5.73 Å². The van der Waals surface area contributed by atoms with Crippen LogP contribution in [0.3, 0.4) is 0 Å². The van der Waals surface area contributed by atoms with Gasteiger partial charge in [0, 0.05) is 5.56 Å². The second-order valence-corrected chi connectivity index (χ2v) is 6.21. The molecule has 0 unspecified atom stereocenters. The van der Waals surface area contributed by atoms with E-state index in [9.17, 15) is 14.7 Å². The summed E-state index contributed by atoms with van der Waals surface area (Å²) in [7, 11) is 0. The van der Waals surface area contributed by atoms with Crippen LogP contribution in [0.1, 0.15) is 42.1 Å². The van der Waals surface area contributed by atoms with Gasteiger partial charge in [0.2, 0.25) is 0 Å². The van der Waals surface area contributed by atoms with Gasteiger partial charge in [0.1, 0.15) is 6.04 Å². The molecular formula is C21H26N2O3. The Kier molecular flexibility index (Phi) is 7.36. The van der Waals surface area contributed by atoms with Crippen LogP contribution in [0.4, 0.5) is 0 Å². The molecule has 4 N–H and O–H groups in total. The smallest absolute Gasteiger partial charge is 0.326 e. The fraction of sp³-hybridized carbons (Fsp3) is 0.333. The normalized spacial score (nSPS) is 11.8. The Morgan fingerprint density at radius 3 is 2.42 bits per heavy atom. The topological polar surface area (TPSA) is 92.4 Å². The van der Waals surface area contributed by atoms with Gasteiger partial charge in [-0.1, -0.05) is 49.4 Å². The van der Waals surface area contributed by atoms with Crippen LogP contribution in [0.15, 0.2) is 48.5 Å². The number of amides is 1. The van der Waals surface area contributed by atoms with Gasteiger partial charge in [-0.25, -0.2) is 4.79 Å². The highest BCUT2D eigenvalue weighted by molar-refractivity contribution is 6.03. The number of nitrogens with two attached hydrogens (primary N) is 1. The number of aliphatic carboxylic acids is 1. The Morgan fingerprint density at radius 2 is 1.81 bits per heavy atom. The number of carboxylic acids is 1. The van der Waals surface area contributed by atoms with Crippen LogP contribution in [0.25, 0.3) is 11.1 Å². The molecule has 5 heteroatoms. The van der Waals surface area contributed by atoms with Crippen molar-refractivity contribution in [2.24, 2.45) is 5.73 Å². The molecule has 0 radical (unpaired) electrons. The van der Waals surface area contributed by atoms with E-state index >= 15 is 0 Å². The van der Waals surface area contributed by atoms with Gasteiger partial charge >= 0.3 is 5.97 Å². The zero-order valence-electron chi connectivity index (χ0n) is 15.1. The molecule has 1 atom stereocenters. The second-order valence-electron chi connectivity index (χ2n) is 6.21. The van der Waals surface area contributed by atoms with Gasteiger partial charge in [-0.3, -0.25) is 4.79 Å². The first-order valence-electron chi connectivity index (χ1n) is 8.99. The van der Waals surface area contributed by atoms with Gasteiger partial charge < -0.3 is 16.2 Å². The number of hydrogen-bond acceptors (Lipinski definition) is 3. The van der Waals surface area contributed by atoms with Gasteiger partial charge in [-0.15, -0.1) is 0 Å². The number of rotatable bonds is 9. The molecule has 0 aliphatic carbocycles. The third-order valence-corrected chi connectivity index (χ3v) is 4.39. The van der Waals surface area contributed by atoms with Crippen LogP contribution in [0.2, 0.25) is 0 Å². The van der Waals surface area contributed by atoms with Crippen molar-refractivity contribution in [1.29, 1.82) is 0 Å². The highest BCUT2D eigenvalue weighted by atomic mass is 16.4. The molecule has 0 aliphatic heterocycles. The molecule has 0 aliphatic rings. The molecule has 2 rings (SSSR count). The number of carboxylic acid groups (broad SMARTS) is 1. The van der Waals surface area contributed by atoms with E-state index in [1.807, 2.05) is 49.4 Å². The second kappa shape index (κ2) is 9.73. The summed E-state index contributed by atoms with van der Waals surface area (Å²) in [6, 6.07) is 14.4. The number of carbonyl (C=O) groups excluding carboxylic acids is 1. The number of carbonyl (C=O) groups is 2. The van der Waals surface area contributed by atoms with Crippen molar-refractivity contribution in [2.75, 3.05) is 6.54 Å². The van der Waals surface area contributed by atoms with Crippen LogP contribution in [-0.2, 0) is 11.2 Å². The third kappa shape index (κ3) is 4.92. The zero-order valence-corrected chi connectivity index (χ0v) is 15.1. The lowest BCUT2D eigenvalue weighted by Gasteiger charge is -2.18. The van der Waals surface area contributed by atoms with Crippen molar-refractivity contribution < 1.29 is 14.7 Å². The summed E-state index contributed by atoms with van der Waals surface area (Å²) in [5.74, 6) is -1.39. The SMILES string of the molecule is CCc1cccc(C(=O)N[C@@H](CCCCN)C(=O)O)c1-c1ccccc1. The molecule has 138 valence electrons. The summed E-state index contributed by atoms with van der Waals surface area (Å²) in [4.78, 5) is 24.3. The first-order chi connectivity index (χ1) is 12.6. The standard InChI is InChI=1S/C21H26N2O3/c1-2-15-11-8-12-17(19(15)16-9-4-3-5-10-16)20(24)23-18(21(25)26)13-6-7-14-22/h3-5,8-12,18H,2,6-7,13-14,22H2,1H3,(H,23,24)(H,25,26)/t18-/m0/s1. The molecule has 0 saturated carbocycles. The summed E-state index contributed by atoms with van der Waals surface area (Å²) >= 11 is 0. The van der Waals surface area contributed by atoms with Crippen LogP contribution in [0, 0.1) is 0 Å². The number of benzene rings is 2. The molecule has 5 nitrogen and oxygen atoms in total. The first-order valence-corrected chi connectivity index (χ1v) is 8.99. The van der Waals surface area contributed by atoms with E-state index in [2.05, 4.69) is 5.32 Å². The molecule has 0 fully saturated rings. The minimum atomic E-state index is -1.02. The predicted molar refractivity (Wildman–Crippen MR) is 103 cm³/mol. The van der Waals surface area contributed by atoms with E-state index in [0.717, 1.165) is 29.5 Å². The molecule has 0 bridgehead atoms. The highest BCUT2D eigenvalue weighted by Crippen LogP contribution is 2.28. The van der Waals surface area contributed by atoms with Gasteiger partial charge in [0.25, 0.3) is 5.91 Å². The molecule has 1 amide bonds. The lowest BCUT2D eigenvalue weighted by Crippen LogP contribution is -2.41. The van der Waals surface area contributed by atoms with E-state index in [0.29, 0.717) is 24.9 Å². The summed E-state index contributed by atoms with van der Waals surface area (Å²) in [5, 5.41) is 12.1. The van der Waals surface area contributed by atoms with Crippen molar-refractivity contribution in [3.63, 3.8) is 0 Å². The molecule has 0 saturated heterocycles. The largest absolute Gasteiger partial charge is 0.480 e. The highest BCUT2D eigenvalue weighted by Gasteiger charge is 2.22. The molecule has 0 heterocycles. The maximum absolute atomic E-state index is 12.9. The number of nitrogens with one attached hydrogen (secondary N) is 1. The summed E-state index contributed by atoms with van der Waals surface area (Å²) in [5.41, 5.74) is 8.83. The number of aryl methyl sites for hydroxylation is 1. The van der Waals surface area contributed by atoms with Crippen LogP contribution >= 0.6 is 0 Å². The summed E-state index contributed by atoms with van der Waals surface area (Å²) in [6.07, 6.45) is 2.55. The van der Waals surface area contributed by atoms with E-state index in [1.165, 1.54) is 0 Å². The fourth-order valence-electron chi connectivity index (χ4n) is 3.02. The first kappa shape index (κ1) is 19.7. The van der Waals surface area contributed by atoms with Gasteiger partial charge in [0.15, 0.2) is 0 Å². The maximum Gasteiger partial charge on any atom is 0.326 e. The van der Waals surface area contributed by atoms with Crippen molar-refractivity contribution in [3.05, 3.63) is 59.7 Å². The molecule has 2 aromatic rings. The van der Waals surface area contributed by atoms with E-state index < -0.39 is 12.0 Å². The zero-order chi connectivity index (χ0) is 18.9. The Morgan fingerprint density at radius 1 is 1.08 bits per heavy atom. The van der Waals surface area contributed by atoms with E-state index in [-0.39, 0.29) is 5.91 Å². The third-order valence-electron chi connectivity index (χ3n) is 4.39. The Hall–Kier alpha value is -2.66. The summed E-state index contributed by atoms with van der Waals surface area (Å²) in [6.45, 7) is 2.55. The average Bonchev–Trinajstić information content (AvgIpc) is 2.67. The monoisotopic (exact) mass is 354 g/mol. The van der Waals surface area contributed by atoms with E-state index in [1.54, 1.807) is 6.07 Å². The van der Waals surface area contributed by atoms with Gasteiger partial charge in [-0.05, 0) is 55.0 Å². The predicted octanol–water partition coefficient (Wildman–Crippen LogP) is 3.23. The minimum Gasteiger partial charge on any atom is -0.480 e. The molecule has 0 spiro atoms. The van der Waals surface area contributed by atoms with Crippen LogP contribution in [-0.4, -0.2) is 29.6 Å². The van der Waals surface area contributed by atoms with Crippen molar-refractivity contribution in [3.8, 4) is 11.1 Å². The lowest BCUT2D eigenvalue weighted by atomic mass is 9.92. The minimum absolute atomic E-state index is 0.362. The quantitative estimate of drug-likeness (QED) is 0.603. The van der Waals surface area contributed by atoms with Gasteiger partial charge in [0.05, 0.1) is 0 Å². The van der Waals surface area contributed by atoms with Crippen molar-refractivity contribution in [1.82, 2.24) is 5.32 Å². The fourth-order valence-corrected chi connectivity index (χ4v) is 3.02. The Labute approximate surface area is 154 Å². The van der Waals surface area contributed by atoms with Gasteiger partial charge in [-0.2, -0.15) is 0 Å². The molecule has 0 aromatic heterocycles. The Balaban J connectivity index is 2.32. The maximum atomic E-state index is 12.9. The Bertz CT molecular complexity index is 744. The average molecular weight is 354 g/mol. The molecule has 26 heavy (non-hydrogen) atoms. The summed E-state index contributed by atoms with van der Waals surface area (Å²) < 4.78 is 0. The molecule has 2 aromatic carbocycles. The van der Waals surface area contributed by atoms with Crippen LogP contribution < -0.4 is 11.1 Å².